The zero-order valence-electron chi connectivity index (χ0n) is 9.89. The third-order valence-electron chi connectivity index (χ3n) is 3.42. The molecule has 1 heterocycles. The molecule has 2 aromatic rings. The van der Waals surface area contributed by atoms with Gasteiger partial charge < -0.3 is 9.84 Å². The third-order valence-corrected chi connectivity index (χ3v) is 3.42. The molecule has 1 saturated heterocycles. The van der Waals surface area contributed by atoms with Crippen molar-refractivity contribution < 1.29 is 9.84 Å². The quantitative estimate of drug-likeness (QED) is 0.830. The van der Waals surface area contributed by atoms with Crippen LogP contribution in [0.5, 0.6) is 5.75 Å². The van der Waals surface area contributed by atoms with E-state index in [0.717, 1.165) is 35.8 Å². The lowest BCUT2D eigenvalue weighted by Gasteiger charge is -2.15. The molecule has 1 aliphatic heterocycles. The van der Waals surface area contributed by atoms with Gasteiger partial charge in [0.25, 0.3) is 0 Å². The summed E-state index contributed by atoms with van der Waals surface area (Å²) in [6.45, 7) is 0.747. The topological polar surface area (TPSA) is 53.2 Å². The van der Waals surface area contributed by atoms with Crippen molar-refractivity contribution >= 4 is 10.8 Å². The Morgan fingerprint density at radius 3 is 2.89 bits per heavy atom. The summed E-state index contributed by atoms with van der Waals surface area (Å²) in [5, 5.41) is 20.9. The fourth-order valence-corrected chi connectivity index (χ4v) is 2.56. The molecule has 1 unspecified atom stereocenters. The minimum absolute atomic E-state index is 0.0263. The van der Waals surface area contributed by atoms with Crippen LogP contribution in [0.1, 0.15) is 30.1 Å². The van der Waals surface area contributed by atoms with E-state index in [1.165, 1.54) is 0 Å². The molecule has 18 heavy (non-hydrogen) atoms. The van der Waals surface area contributed by atoms with Crippen molar-refractivity contribution in [2.75, 3.05) is 6.61 Å². The van der Waals surface area contributed by atoms with Gasteiger partial charge in [-0.2, -0.15) is 5.26 Å². The number of rotatable bonds is 1. The maximum Gasteiger partial charge on any atom is 0.122 e. The SMILES string of the molecule is N#Cc1ccc2c(C3CCCO3)c(O)ccc2c1. The predicted octanol–water partition coefficient (Wildman–Crippen LogP) is 3.27. The Kier molecular flexibility index (Phi) is 2.66. The van der Waals surface area contributed by atoms with Gasteiger partial charge in [0.15, 0.2) is 0 Å². The Hall–Kier alpha value is -2.05. The van der Waals surface area contributed by atoms with Gasteiger partial charge in [-0.3, -0.25) is 0 Å². The van der Waals surface area contributed by atoms with Gasteiger partial charge >= 0.3 is 0 Å². The Balaban J connectivity index is 2.22. The molecule has 0 saturated carbocycles. The van der Waals surface area contributed by atoms with Crippen LogP contribution in [0.15, 0.2) is 30.3 Å². The van der Waals surface area contributed by atoms with Gasteiger partial charge in [0.1, 0.15) is 5.75 Å². The number of fused-ring (bicyclic) bond motifs is 1. The van der Waals surface area contributed by atoms with Gasteiger partial charge in [-0.05, 0) is 41.8 Å². The molecule has 1 atom stereocenters. The second-order valence-electron chi connectivity index (χ2n) is 4.55. The van der Waals surface area contributed by atoms with Crippen LogP contribution in [-0.4, -0.2) is 11.7 Å². The second-order valence-corrected chi connectivity index (χ2v) is 4.55. The maximum absolute atomic E-state index is 10.1. The van der Waals surface area contributed by atoms with E-state index in [4.69, 9.17) is 10.00 Å². The lowest BCUT2D eigenvalue weighted by Crippen LogP contribution is -1.97. The van der Waals surface area contributed by atoms with Crippen LogP contribution in [-0.2, 0) is 4.74 Å². The number of ether oxygens (including phenoxy) is 1. The third kappa shape index (κ3) is 1.71. The molecule has 1 aliphatic rings. The molecule has 3 rings (SSSR count). The fraction of sp³-hybridized carbons (Fsp3) is 0.267. The van der Waals surface area contributed by atoms with Crippen molar-refractivity contribution in [2.24, 2.45) is 0 Å². The summed E-state index contributed by atoms with van der Waals surface area (Å²) < 4.78 is 5.66. The number of benzene rings is 2. The molecule has 0 amide bonds. The van der Waals surface area contributed by atoms with Crippen molar-refractivity contribution in [3.8, 4) is 11.8 Å². The van der Waals surface area contributed by atoms with E-state index in [1.807, 2.05) is 18.2 Å². The Morgan fingerprint density at radius 1 is 1.28 bits per heavy atom. The highest BCUT2D eigenvalue weighted by Gasteiger charge is 2.22. The highest BCUT2D eigenvalue weighted by Crippen LogP contribution is 2.39. The minimum Gasteiger partial charge on any atom is -0.508 e. The summed E-state index contributed by atoms with van der Waals surface area (Å²) >= 11 is 0. The van der Waals surface area contributed by atoms with Gasteiger partial charge in [-0.15, -0.1) is 0 Å². The van der Waals surface area contributed by atoms with Gasteiger partial charge in [-0.1, -0.05) is 12.1 Å². The average Bonchev–Trinajstić information content (AvgIpc) is 2.91. The van der Waals surface area contributed by atoms with E-state index in [-0.39, 0.29) is 11.9 Å². The number of nitriles is 1. The number of aromatic hydroxyl groups is 1. The summed E-state index contributed by atoms with van der Waals surface area (Å²) in [4.78, 5) is 0. The first-order chi connectivity index (χ1) is 8.79. The summed E-state index contributed by atoms with van der Waals surface area (Å²) in [5.41, 5.74) is 1.49. The van der Waals surface area contributed by atoms with Crippen LogP contribution in [0.3, 0.4) is 0 Å². The molecule has 0 radical (unpaired) electrons. The Morgan fingerprint density at radius 2 is 2.17 bits per heavy atom. The Bertz CT molecular complexity index is 637. The smallest absolute Gasteiger partial charge is 0.122 e. The van der Waals surface area contributed by atoms with Gasteiger partial charge in [-0.25, -0.2) is 0 Å². The molecule has 0 spiro atoms. The Labute approximate surface area is 105 Å². The first kappa shape index (κ1) is 11.1. The molecular formula is C15H13NO2. The summed E-state index contributed by atoms with van der Waals surface area (Å²) in [5.74, 6) is 0.277. The van der Waals surface area contributed by atoms with Crippen molar-refractivity contribution in [2.45, 2.75) is 18.9 Å². The molecule has 1 fully saturated rings. The van der Waals surface area contributed by atoms with Crippen LogP contribution in [0, 0.1) is 11.3 Å². The number of phenolic OH excluding ortho intramolecular Hbond substituents is 1. The van der Waals surface area contributed by atoms with Crippen molar-refractivity contribution in [3.05, 3.63) is 41.5 Å². The minimum atomic E-state index is -0.0263. The lowest BCUT2D eigenvalue weighted by molar-refractivity contribution is 0.111. The molecule has 3 heteroatoms. The second kappa shape index (κ2) is 4.32. The summed E-state index contributed by atoms with van der Waals surface area (Å²) in [6, 6.07) is 11.2. The van der Waals surface area contributed by atoms with E-state index >= 15 is 0 Å². The van der Waals surface area contributed by atoms with Crippen molar-refractivity contribution in [1.82, 2.24) is 0 Å². The number of phenols is 1. The van der Waals surface area contributed by atoms with Crippen LogP contribution >= 0.6 is 0 Å². The standard InChI is InChI=1S/C15H13NO2/c16-9-10-3-5-12-11(8-10)4-6-13(17)15(12)14-2-1-7-18-14/h3-6,8,14,17H,1-2,7H2. The highest BCUT2D eigenvalue weighted by molar-refractivity contribution is 5.89. The lowest BCUT2D eigenvalue weighted by atomic mass is 9.96. The number of nitrogens with zero attached hydrogens (tertiary/aromatic N) is 1. The first-order valence-corrected chi connectivity index (χ1v) is 6.07. The monoisotopic (exact) mass is 239 g/mol. The largest absolute Gasteiger partial charge is 0.508 e. The van der Waals surface area contributed by atoms with Crippen molar-refractivity contribution in [3.63, 3.8) is 0 Å². The zero-order chi connectivity index (χ0) is 12.5. The summed E-state index contributed by atoms with van der Waals surface area (Å²) in [7, 11) is 0. The molecular weight excluding hydrogens is 226 g/mol. The average molecular weight is 239 g/mol. The van der Waals surface area contributed by atoms with E-state index < -0.39 is 0 Å². The van der Waals surface area contributed by atoms with Gasteiger partial charge in [0, 0.05) is 12.2 Å². The van der Waals surface area contributed by atoms with E-state index in [9.17, 15) is 5.11 Å². The van der Waals surface area contributed by atoms with Gasteiger partial charge in [0.05, 0.1) is 17.7 Å². The molecule has 3 nitrogen and oxygen atoms in total. The van der Waals surface area contributed by atoms with Crippen molar-refractivity contribution in [1.29, 1.82) is 5.26 Å². The molecule has 0 aliphatic carbocycles. The summed E-state index contributed by atoms with van der Waals surface area (Å²) in [6.07, 6.45) is 1.94. The highest BCUT2D eigenvalue weighted by atomic mass is 16.5. The molecule has 0 aromatic heterocycles. The first-order valence-electron chi connectivity index (χ1n) is 6.07. The number of hydrogen-bond acceptors (Lipinski definition) is 3. The number of hydrogen-bond donors (Lipinski definition) is 1. The maximum atomic E-state index is 10.1. The molecule has 1 N–H and O–H groups in total. The van der Waals surface area contributed by atoms with Crippen LogP contribution in [0.4, 0.5) is 0 Å². The molecule has 0 bridgehead atoms. The molecule has 90 valence electrons. The van der Waals surface area contributed by atoms with Crippen LogP contribution in [0.2, 0.25) is 0 Å². The van der Waals surface area contributed by atoms with E-state index in [1.54, 1.807) is 12.1 Å². The van der Waals surface area contributed by atoms with E-state index in [2.05, 4.69) is 6.07 Å². The van der Waals surface area contributed by atoms with Crippen LogP contribution < -0.4 is 0 Å². The predicted molar refractivity (Wildman–Crippen MR) is 68.3 cm³/mol. The van der Waals surface area contributed by atoms with E-state index in [0.29, 0.717) is 5.56 Å². The normalized spacial score (nSPS) is 18.9. The fourth-order valence-electron chi connectivity index (χ4n) is 2.56. The molecule has 2 aromatic carbocycles. The zero-order valence-corrected chi connectivity index (χ0v) is 9.89. The van der Waals surface area contributed by atoms with Crippen LogP contribution in [0.25, 0.3) is 10.8 Å². The van der Waals surface area contributed by atoms with Gasteiger partial charge in [0.2, 0.25) is 0 Å².